The van der Waals surface area contributed by atoms with Crippen LogP contribution in [0, 0.1) is 12.8 Å². The van der Waals surface area contributed by atoms with E-state index < -0.39 is 0 Å². The molecule has 3 heterocycles. The first kappa shape index (κ1) is 23.3. The number of hydrogen-bond donors (Lipinski definition) is 1. The third-order valence-corrected chi connectivity index (χ3v) is 6.88. The number of aliphatic hydroxyl groups is 1. The Morgan fingerprint density at radius 1 is 1.06 bits per heavy atom. The summed E-state index contributed by atoms with van der Waals surface area (Å²) in [7, 11) is 0. The molecular formula is C25H33N3O5. The van der Waals surface area contributed by atoms with Gasteiger partial charge >= 0.3 is 6.09 Å². The summed E-state index contributed by atoms with van der Waals surface area (Å²) < 4.78 is 5.09. The van der Waals surface area contributed by atoms with Gasteiger partial charge in [-0.1, -0.05) is 29.8 Å². The first-order valence-corrected chi connectivity index (χ1v) is 11.9. The zero-order valence-corrected chi connectivity index (χ0v) is 19.5. The number of likely N-dealkylation sites (tertiary alicyclic amines) is 2. The summed E-state index contributed by atoms with van der Waals surface area (Å²) in [5.74, 6) is -0.432. The fourth-order valence-electron chi connectivity index (χ4n) is 5.08. The van der Waals surface area contributed by atoms with Crippen molar-refractivity contribution in [1.82, 2.24) is 14.7 Å². The number of rotatable bonds is 5. The monoisotopic (exact) mass is 455 g/mol. The van der Waals surface area contributed by atoms with Gasteiger partial charge in [0.2, 0.25) is 0 Å². The molecule has 33 heavy (non-hydrogen) atoms. The molecule has 0 saturated carbocycles. The molecule has 0 aliphatic carbocycles. The number of ether oxygens (including phenoxy) is 1. The SMILES string of the molecule is CCOC(=O)N1CCC(N2C(=O)C(c3ccc(C)cc3)=C(N3CCCC(CO)C3)C2=O)CC1. The summed E-state index contributed by atoms with van der Waals surface area (Å²) in [6, 6.07) is 7.44. The molecule has 3 amide bonds. The average Bonchev–Trinajstić information content (AvgIpc) is 3.09. The second kappa shape index (κ2) is 9.95. The van der Waals surface area contributed by atoms with E-state index in [-0.39, 0.29) is 36.5 Å². The van der Waals surface area contributed by atoms with E-state index in [2.05, 4.69) is 0 Å². The number of carbonyl (C=O) groups excluding carboxylic acids is 3. The number of piperidine rings is 2. The predicted octanol–water partition coefficient (Wildman–Crippen LogP) is 2.40. The summed E-state index contributed by atoms with van der Waals surface area (Å²) in [4.78, 5) is 44.5. The Morgan fingerprint density at radius 2 is 1.76 bits per heavy atom. The highest BCUT2D eigenvalue weighted by molar-refractivity contribution is 6.35. The molecular weight excluding hydrogens is 422 g/mol. The summed E-state index contributed by atoms with van der Waals surface area (Å²) in [6.07, 6.45) is 2.50. The molecule has 178 valence electrons. The van der Waals surface area contributed by atoms with E-state index in [1.165, 1.54) is 4.90 Å². The van der Waals surface area contributed by atoms with Crippen LogP contribution in [0.2, 0.25) is 0 Å². The van der Waals surface area contributed by atoms with Crippen LogP contribution in [0.4, 0.5) is 4.79 Å². The van der Waals surface area contributed by atoms with Gasteiger partial charge in [0, 0.05) is 38.8 Å². The zero-order valence-electron chi connectivity index (χ0n) is 19.5. The summed E-state index contributed by atoms with van der Waals surface area (Å²) in [6.45, 7) is 6.30. The smallest absolute Gasteiger partial charge is 0.409 e. The van der Waals surface area contributed by atoms with Gasteiger partial charge in [-0.15, -0.1) is 0 Å². The standard InChI is InChI=1S/C25H33N3O5/c1-3-33-25(32)26-13-10-20(11-14-26)28-23(30)21(19-8-6-17(2)7-9-19)22(24(28)31)27-12-4-5-18(15-27)16-29/h6-9,18,20,29H,3-5,10-16H2,1-2H3. The molecule has 3 aliphatic rings. The number of benzene rings is 1. The second-order valence-electron chi connectivity index (χ2n) is 9.12. The number of aliphatic hydroxyl groups excluding tert-OH is 1. The Hall–Kier alpha value is -2.87. The zero-order chi connectivity index (χ0) is 23.5. The van der Waals surface area contributed by atoms with Crippen LogP contribution in [0.15, 0.2) is 30.0 Å². The lowest BCUT2D eigenvalue weighted by atomic mass is 9.96. The molecule has 0 bridgehead atoms. The number of aryl methyl sites for hydroxylation is 1. The molecule has 3 aliphatic heterocycles. The molecule has 4 rings (SSSR count). The Morgan fingerprint density at radius 3 is 2.39 bits per heavy atom. The number of nitrogens with zero attached hydrogens (tertiary/aromatic N) is 3. The molecule has 1 aromatic carbocycles. The van der Waals surface area contributed by atoms with Crippen molar-refractivity contribution in [3.63, 3.8) is 0 Å². The van der Waals surface area contributed by atoms with Crippen LogP contribution in [-0.2, 0) is 14.3 Å². The van der Waals surface area contributed by atoms with E-state index in [1.54, 1.807) is 11.8 Å². The lowest BCUT2D eigenvalue weighted by Crippen LogP contribution is -2.50. The predicted molar refractivity (Wildman–Crippen MR) is 123 cm³/mol. The second-order valence-corrected chi connectivity index (χ2v) is 9.12. The minimum atomic E-state index is -0.349. The maximum atomic E-state index is 13.7. The quantitative estimate of drug-likeness (QED) is 0.686. The number of carbonyl (C=O) groups is 3. The van der Waals surface area contributed by atoms with Gasteiger partial charge in [-0.25, -0.2) is 4.79 Å². The lowest BCUT2D eigenvalue weighted by Gasteiger charge is -2.37. The molecule has 1 unspecified atom stereocenters. The van der Waals surface area contributed by atoms with Gasteiger partial charge in [0.1, 0.15) is 5.70 Å². The maximum absolute atomic E-state index is 13.7. The minimum Gasteiger partial charge on any atom is -0.450 e. The van der Waals surface area contributed by atoms with Crippen LogP contribution in [-0.4, -0.2) is 83.1 Å². The fourth-order valence-corrected chi connectivity index (χ4v) is 5.08. The Labute approximate surface area is 194 Å². The Balaban J connectivity index is 1.61. The van der Waals surface area contributed by atoms with Crippen molar-refractivity contribution < 1.29 is 24.2 Å². The van der Waals surface area contributed by atoms with Crippen molar-refractivity contribution in [1.29, 1.82) is 0 Å². The average molecular weight is 456 g/mol. The van der Waals surface area contributed by atoms with Crippen LogP contribution in [0.1, 0.15) is 43.7 Å². The molecule has 8 nitrogen and oxygen atoms in total. The number of imide groups is 1. The normalized spacial score (nSPS) is 22.4. The van der Waals surface area contributed by atoms with E-state index in [1.807, 2.05) is 36.1 Å². The van der Waals surface area contributed by atoms with Crippen molar-refractivity contribution >= 4 is 23.5 Å². The van der Waals surface area contributed by atoms with Crippen LogP contribution >= 0.6 is 0 Å². The highest BCUT2D eigenvalue weighted by Gasteiger charge is 2.46. The molecule has 1 aromatic rings. The van der Waals surface area contributed by atoms with Crippen molar-refractivity contribution in [2.75, 3.05) is 39.4 Å². The third-order valence-electron chi connectivity index (χ3n) is 6.88. The van der Waals surface area contributed by atoms with Gasteiger partial charge in [0.15, 0.2) is 0 Å². The van der Waals surface area contributed by atoms with Gasteiger partial charge in [0.25, 0.3) is 11.8 Å². The van der Waals surface area contributed by atoms with Crippen molar-refractivity contribution in [3.8, 4) is 0 Å². The minimum absolute atomic E-state index is 0.0712. The van der Waals surface area contributed by atoms with E-state index in [4.69, 9.17) is 4.74 Å². The topological polar surface area (TPSA) is 90.4 Å². The highest BCUT2D eigenvalue weighted by Crippen LogP contribution is 2.36. The molecule has 0 radical (unpaired) electrons. The number of hydrogen-bond acceptors (Lipinski definition) is 6. The molecule has 0 spiro atoms. The molecule has 0 aromatic heterocycles. The maximum Gasteiger partial charge on any atom is 0.409 e. The van der Waals surface area contributed by atoms with Crippen LogP contribution in [0.3, 0.4) is 0 Å². The molecule has 1 N–H and O–H groups in total. The largest absolute Gasteiger partial charge is 0.450 e. The van der Waals surface area contributed by atoms with Crippen LogP contribution in [0.25, 0.3) is 5.57 Å². The van der Waals surface area contributed by atoms with Crippen molar-refractivity contribution in [2.45, 2.75) is 45.6 Å². The van der Waals surface area contributed by atoms with E-state index in [9.17, 15) is 19.5 Å². The number of amides is 3. The summed E-state index contributed by atoms with van der Waals surface area (Å²) in [5.41, 5.74) is 2.73. The lowest BCUT2D eigenvalue weighted by molar-refractivity contribution is -0.141. The van der Waals surface area contributed by atoms with Gasteiger partial charge in [-0.05, 0) is 51.0 Å². The first-order valence-electron chi connectivity index (χ1n) is 11.9. The van der Waals surface area contributed by atoms with Gasteiger partial charge < -0.3 is 19.6 Å². The molecule has 8 heteroatoms. The summed E-state index contributed by atoms with van der Waals surface area (Å²) >= 11 is 0. The highest BCUT2D eigenvalue weighted by atomic mass is 16.6. The van der Waals surface area contributed by atoms with Crippen molar-refractivity contribution in [3.05, 3.63) is 41.1 Å². The fraction of sp³-hybridized carbons (Fsp3) is 0.560. The van der Waals surface area contributed by atoms with E-state index >= 15 is 0 Å². The van der Waals surface area contributed by atoms with Gasteiger partial charge in [-0.3, -0.25) is 14.5 Å². The van der Waals surface area contributed by atoms with E-state index in [0.29, 0.717) is 56.9 Å². The van der Waals surface area contributed by atoms with Crippen LogP contribution in [0.5, 0.6) is 0 Å². The molecule has 1 atom stereocenters. The van der Waals surface area contributed by atoms with Gasteiger partial charge in [0.05, 0.1) is 12.2 Å². The van der Waals surface area contributed by atoms with Crippen molar-refractivity contribution in [2.24, 2.45) is 5.92 Å². The molecule has 2 fully saturated rings. The first-order chi connectivity index (χ1) is 15.9. The molecule has 2 saturated heterocycles. The van der Waals surface area contributed by atoms with Gasteiger partial charge in [-0.2, -0.15) is 0 Å². The Kier molecular flexibility index (Phi) is 7.02. The van der Waals surface area contributed by atoms with Crippen LogP contribution < -0.4 is 0 Å². The third kappa shape index (κ3) is 4.62. The van der Waals surface area contributed by atoms with E-state index in [0.717, 1.165) is 24.0 Å². The summed E-state index contributed by atoms with van der Waals surface area (Å²) in [5, 5.41) is 9.70. The Bertz CT molecular complexity index is 934.